The molecule has 0 aromatic carbocycles. The molecule has 0 aromatic heterocycles. The fourth-order valence-corrected chi connectivity index (χ4v) is 3.46. The normalized spacial score (nSPS) is 41.7. The number of allylic oxidation sites excluding steroid dienone is 4. The zero-order valence-corrected chi connectivity index (χ0v) is 12.7. The molecule has 16 heteroatoms. The van der Waals surface area contributed by atoms with Crippen molar-refractivity contribution in [3.05, 3.63) is 23.3 Å². The van der Waals surface area contributed by atoms with E-state index in [1.165, 1.54) is 0 Å². The van der Waals surface area contributed by atoms with Gasteiger partial charge in [0, 0.05) is 5.57 Å². The van der Waals surface area contributed by atoms with Crippen LogP contribution in [-0.4, -0.2) is 52.8 Å². The molecule has 0 heterocycles. The lowest BCUT2D eigenvalue weighted by molar-refractivity contribution is -0.429. The first-order chi connectivity index (χ1) is 12.4. The van der Waals surface area contributed by atoms with Gasteiger partial charge in [-0.05, 0) is 12.2 Å². The molecule has 0 bridgehead atoms. The van der Waals surface area contributed by atoms with E-state index in [9.17, 15) is 70.2 Å². The summed E-state index contributed by atoms with van der Waals surface area (Å²) in [7, 11) is 0. The van der Waals surface area contributed by atoms with E-state index in [0.717, 1.165) is 0 Å². The van der Waals surface area contributed by atoms with E-state index >= 15 is 0 Å². The first kappa shape index (κ1) is 22.1. The molecule has 29 heavy (non-hydrogen) atoms. The van der Waals surface area contributed by atoms with Gasteiger partial charge in [0.25, 0.3) is 5.67 Å². The van der Waals surface area contributed by atoms with Crippen LogP contribution in [0.15, 0.2) is 23.3 Å². The fraction of sp³-hybridized carbons (Fsp3) is 0.692. The van der Waals surface area contributed by atoms with Crippen molar-refractivity contribution < 1.29 is 70.2 Å². The van der Waals surface area contributed by atoms with Crippen LogP contribution in [0.4, 0.5) is 70.2 Å². The summed E-state index contributed by atoms with van der Waals surface area (Å²) in [6.07, 6.45) is -3.10. The van der Waals surface area contributed by atoms with Crippen LogP contribution in [0.3, 0.4) is 0 Å². The number of rotatable bonds is 0. The molecule has 0 aromatic rings. The molecule has 1 saturated carbocycles. The Labute approximate surface area is 147 Å². The van der Waals surface area contributed by atoms with Crippen LogP contribution < -0.4 is 0 Å². The van der Waals surface area contributed by atoms with Crippen LogP contribution >= 0.6 is 0 Å². The molecule has 0 nitrogen and oxygen atoms in total. The van der Waals surface area contributed by atoms with Crippen molar-refractivity contribution in [1.29, 1.82) is 0 Å². The monoisotopic (exact) mass is 462 g/mol. The summed E-state index contributed by atoms with van der Waals surface area (Å²) < 4.78 is 220. The van der Waals surface area contributed by atoms with Crippen LogP contribution in [-0.2, 0) is 0 Å². The van der Waals surface area contributed by atoms with E-state index in [0.29, 0.717) is 0 Å². The van der Waals surface area contributed by atoms with Gasteiger partial charge in [0.2, 0.25) is 5.67 Å². The summed E-state index contributed by atoms with van der Waals surface area (Å²) in [4.78, 5) is 0. The number of halogens is 16. The Hall–Kier alpha value is -1.64. The molecule has 0 N–H and O–H groups in total. The Morgan fingerprint density at radius 2 is 0.862 bits per heavy atom. The van der Waals surface area contributed by atoms with E-state index in [1.54, 1.807) is 0 Å². The average molecular weight is 462 g/mol. The van der Waals surface area contributed by atoms with Crippen molar-refractivity contribution in [3.8, 4) is 0 Å². The first-order valence-corrected chi connectivity index (χ1v) is 6.93. The lowest BCUT2D eigenvalue weighted by atomic mass is 9.63. The minimum atomic E-state index is -7.62. The highest BCUT2D eigenvalue weighted by atomic mass is 19.4. The predicted molar refractivity (Wildman–Crippen MR) is 58.5 cm³/mol. The standard InChI is InChI=1S/C13H2F16/c14-5(15)2-3-1-4-7(17,6(3,16)10(22,23)9(5,20)21)11(24,25)13(28,29)12(26,27)8(4,18)19/h1-2H. The van der Waals surface area contributed by atoms with Crippen molar-refractivity contribution in [2.75, 3.05) is 0 Å². The third-order valence-corrected chi connectivity index (χ3v) is 5.08. The van der Waals surface area contributed by atoms with Crippen LogP contribution in [0.2, 0.25) is 0 Å². The molecule has 2 atom stereocenters. The van der Waals surface area contributed by atoms with Crippen molar-refractivity contribution in [2.45, 2.75) is 52.8 Å². The highest BCUT2D eigenvalue weighted by molar-refractivity contribution is 5.62. The third-order valence-electron chi connectivity index (χ3n) is 5.08. The van der Waals surface area contributed by atoms with Crippen LogP contribution in [0.1, 0.15) is 0 Å². The fourth-order valence-electron chi connectivity index (χ4n) is 3.46. The molecule has 3 rings (SSSR count). The minimum absolute atomic E-state index is 1.42. The van der Waals surface area contributed by atoms with Crippen molar-refractivity contribution in [3.63, 3.8) is 0 Å². The summed E-state index contributed by atoms with van der Waals surface area (Å²) in [5, 5.41) is 0. The molecule has 0 amide bonds. The van der Waals surface area contributed by atoms with Crippen molar-refractivity contribution >= 4 is 0 Å². The lowest BCUT2D eigenvalue weighted by Crippen LogP contribution is -2.83. The van der Waals surface area contributed by atoms with Crippen LogP contribution in [0, 0.1) is 0 Å². The van der Waals surface area contributed by atoms with Gasteiger partial charge < -0.3 is 0 Å². The third kappa shape index (κ3) is 1.65. The second kappa shape index (κ2) is 4.65. The molecule has 1 fully saturated rings. The van der Waals surface area contributed by atoms with E-state index in [4.69, 9.17) is 0 Å². The molecular formula is C13H2F16. The summed E-state index contributed by atoms with van der Waals surface area (Å²) in [5.74, 6) is -49.9. The average Bonchev–Trinajstić information content (AvgIpc) is 2.76. The van der Waals surface area contributed by atoms with Crippen molar-refractivity contribution in [1.82, 2.24) is 0 Å². The van der Waals surface area contributed by atoms with Gasteiger partial charge in [-0.15, -0.1) is 0 Å². The SMILES string of the molecule is FC1(F)C=C2C=C3C(F)(F)C(F)(F)C(F)(F)C(F)(F)C3(F)C2(F)C(F)(F)C1(F)F. The maximum absolute atomic E-state index is 14.9. The van der Waals surface area contributed by atoms with Gasteiger partial charge in [-0.2, -0.15) is 61.5 Å². The second-order valence-electron chi connectivity index (χ2n) is 6.54. The Bertz CT molecular complexity index is 847. The Kier molecular flexibility index (Phi) is 3.54. The zero-order valence-electron chi connectivity index (χ0n) is 12.7. The van der Waals surface area contributed by atoms with Gasteiger partial charge in [-0.1, -0.05) is 0 Å². The van der Waals surface area contributed by atoms with Gasteiger partial charge >= 0.3 is 41.5 Å². The molecule has 166 valence electrons. The van der Waals surface area contributed by atoms with E-state index in [2.05, 4.69) is 0 Å². The van der Waals surface area contributed by atoms with E-state index < -0.39 is 76.1 Å². The highest BCUT2D eigenvalue weighted by Crippen LogP contribution is 2.76. The van der Waals surface area contributed by atoms with Crippen LogP contribution in [0.25, 0.3) is 0 Å². The summed E-state index contributed by atoms with van der Waals surface area (Å²) >= 11 is 0. The van der Waals surface area contributed by atoms with E-state index in [-0.39, 0.29) is 0 Å². The molecule has 3 aliphatic carbocycles. The van der Waals surface area contributed by atoms with Crippen LogP contribution in [0.5, 0.6) is 0 Å². The lowest BCUT2D eigenvalue weighted by Gasteiger charge is -2.54. The molecule has 3 aliphatic rings. The van der Waals surface area contributed by atoms with Gasteiger partial charge in [0.05, 0.1) is 5.57 Å². The molecule has 0 aliphatic heterocycles. The quantitative estimate of drug-likeness (QED) is 0.403. The van der Waals surface area contributed by atoms with Gasteiger partial charge in [-0.25, -0.2) is 8.78 Å². The topological polar surface area (TPSA) is 0 Å². The Morgan fingerprint density at radius 1 is 0.448 bits per heavy atom. The minimum Gasteiger partial charge on any atom is -0.227 e. The molecule has 2 unspecified atom stereocenters. The summed E-state index contributed by atoms with van der Waals surface area (Å²) in [6.45, 7) is 0. The molecule has 0 saturated heterocycles. The molecular weight excluding hydrogens is 460 g/mol. The number of alkyl halides is 16. The van der Waals surface area contributed by atoms with E-state index in [1.807, 2.05) is 0 Å². The summed E-state index contributed by atoms with van der Waals surface area (Å²) in [6, 6.07) is 0. The van der Waals surface area contributed by atoms with Crippen molar-refractivity contribution in [2.24, 2.45) is 0 Å². The maximum Gasteiger partial charge on any atom is 0.382 e. The smallest absolute Gasteiger partial charge is 0.227 e. The first-order valence-electron chi connectivity index (χ1n) is 6.93. The van der Waals surface area contributed by atoms with Gasteiger partial charge in [0.1, 0.15) is 0 Å². The van der Waals surface area contributed by atoms with Gasteiger partial charge in [0.15, 0.2) is 0 Å². The Morgan fingerprint density at radius 3 is 1.31 bits per heavy atom. The highest BCUT2D eigenvalue weighted by Gasteiger charge is 3.02. The molecule has 0 spiro atoms. The maximum atomic E-state index is 14.9. The largest absolute Gasteiger partial charge is 0.382 e. The summed E-state index contributed by atoms with van der Waals surface area (Å²) in [5.41, 5.74) is -20.5. The molecule has 0 radical (unpaired) electrons. The second-order valence-corrected chi connectivity index (χ2v) is 6.54. The Balaban J connectivity index is 2.52. The number of hydrogen-bond donors (Lipinski definition) is 0. The number of hydrogen-bond acceptors (Lipinski definition) is 0. The zero-order chi connectivity index (χ0) is 23.1. The predicted octanol–water partition coefficient (Wildman–Crippen LogP) is 5.74. The number of fused-ring (bicyclic) bond motifs is 3. The van der Waals surface area contributed by atoms with Gasteiger partial charge in [-0.3, -0.25) is 0 Å².